The van der Waals surface area contributed by atoms with Crippen molar-refractivity contribution in [1.82, 2.24) is 10.3 Å². The monoisotopic (exact) mass is 305 g/mol. The second-order valence-electron chi connectivity index (χ2n) is 6.61. The van der Waals surface area contributed by atoms with Gasteiger partial charge in [0.05, 0.1) is 5.56 Å². The number of rotatable bonds is 6. The van der Waals surface area contributed by atoms with Crippen LogP contribution in [0.3, 0.4) is 0 Å². The van der Waals surface area contributed by atoms with Crippen molar-refractivity contribution in [3.8, 4) is 0 Å². The SMILES string of the molecule is CC(C)c1[nH]ccc1C(=O)NC(CC(N)=O)C1CCCCC1. The van der Waals surface area contributed by atoms with E-state index in [9.17, 15) is 9.59 Å². The van der Waals surface area contributed by atoms with Crippen molar-refractivity contribution in [2.45, 2.75) is 64.3 Å². The molecule has 5 heteroatoms. The van der Waals surface area contributed by atoms with Crippen LogP contribution < -0.4 is 11.1 Å². The summed E-state index contributed by atoms with van der Waals surface area (Å²) in [5.74, 6) is 0.141. The number of nitrogens with two attached hydrogens (primary N) is 1. The summed E-state index contributed by atoms with van der Waals surface area (Å²) < 4.78 is 0. The number of aromatic nitrogens is 1. The first-order valence-corrected chi connectivity index (χ1v) is 8.25. The molecule has 4 N–H and O–H groups in total. The van der Waals surface area contributed by atoms with Gasteiger partial charge in [0.25, 0.3) is 5.91 Å². The summed E-state index contributed by atoms with van der Waals surface area (Å²) >= 11 is 0. The summed E-state index contributed by atoms with van der Waals surface area (Å²) in [6.07, 6.45) is 7.69. The average molecular weight is 305 g/mol. The number of H-pyrrole nitrogens is 1. The lowest BCUT2D eigenvalue weighted by Crippen LogP contribution is -2.43. The first-order chi connectivity index (χ1) is 10.5. The molecule has 1 aromatic rings. The zero-order valence-electron chi connectivity index (χ0n) is 13.5. The van der Waals surface area contributed by atoms with Crippen LogP contribution in [0.15, 0.2) is 12.3 Å². The van der Waals surface area contributed by atoms with Crippen molar-refractivity contribution in [3.63, 3.8) is 0 Å². The number of nitrogens with one attached hydrogen (secondary N) is 2. The van der Waals surface area contributed by atoms with Crippen LogP contribution in [0, 0.1) is 5.92 Å². The van der Waals surface area contributed by atoms with Gasteiger partial charge in [0.1, 0.15) is 0 Å². The van der Waals surface area contributed by atoms with Crippen LogP contribution in [0.1, 0.15) is 74.3 Å². The molecule has 0 aliphatic heterocycles. The Bertz CT molecular complexity index is 516. The molecule has 0 aromatic carbocycles. The van der Waals surface area contributed by atoms with Crippen LogP contribution in [0.4, 0.5) is 0 Å². The van der Waals surface area contributed by atoms with E-state index in [4.69, 9.17) is 5.73 Å². The Morgan fingerprint density at radius 3 is 2.59 bits per heavy atom. The van der Waals surface area contributed by atoms with Crippen LogP contribution in [0.5, 0.6) is 0 Å². The zero-order chi connectivity index (χ0) is 16.1. The van der Waals surface area contributed by atoms with Gasteiger partial charge in [-0.15, -0.1) is 0 Å². The van der Waals surface area contributed by atoms with Crippen LogP contribution in [-0.4, -0.2) is 22.8 Å². The van der Waals surface area contributed by atoms with E-state index in [-0.39, 0.29) is 30.2 Å². The fraction of sp³-hybridized carbons (Fsp3) is 0.647. The van der Waals surface area contributed by atoms with Crippen molar-refractivity contribution < 1.29 is 9.59 Å². The van der Waals surface area contributed by atoms with Gasteiger partial charge >= 0.3 is 0 Å². The molecule has 1 unspecified atom stereocenters. The topological polar surface area (TPSA) is 88.0 Å². The van der Waals surface area contributed by atoms with Gasteiger partial charge in [-0.3, -0.25) is 9.59 Å². The molecular formula is C17H27N3O2. The van der Waals surface area contributed by atoms with E-state index in [1.54, 1.807) is 12.3 Å². The quantitative estimate of drug-likeness (QED) is 0.754. The Morgan fingerprint density at radius 1 is 1.32 bits per heavy atom. The van der Waals surface area contributed by atoms with Gasteiger partial charge in [0.2, 0.25) is 5.91 Å². The lowest BCUT2D eigenvalue weighted by molar-refractivity contribution is -0.118. The van der Waals surface area contributed by atoms with Crippen LogP contribution >= 0.6 is 0 Å². The van der Waals surface area contributed by atoms with Crippen molar-refractivity contribution in [2.24, 2.45) is 11.7 Å². The Balaban J connectivity index is 2.09. The molecule has 1 heterocycles. The standard InChI is InChI=1S/C17H27N3O2/c1-11(2)16-13(8-9-19-16)17(22)20-14(10-15(18)21)12-6-4-3-5-7-12/h8-9,11-12,14,19H,3-7,10H2,1-2H3,(H2,18,21)(H,20,22). The molecule has 1 saturated carbocycles. The summed E-state index contributed by atoms with van der Waals surface area (Å²) in [5, 5.41) is 3.06. The molecule has 1 aromatic heterocycles. The number of hydrogen-bond acceptors (Lipinski definition) is 2. The van der Waals surface area contributed by atoms with E-state index >= 15 is 0 Å². The Kier molecular flexibility index (Phi) is 5.63. The Morgan fingerprint density at radius 2 is 2.00 bits per heavy atom. The first kappa shape index (κ1) is 16.6. The molecule has 1 atom stereocenters. The minimum Gasteiger partial charge on any atom is -0.370 e. The number of hydrogen-bond donors (Lipinski definition) is 3. The third-order valence-electron chi connectivity index (χ3n) is 4.56. The Labute approximate surface area is 132 Å². The molecule has 122 valence electrons. The van der Waals surface area contributed by atoms with Gasteiger partial charge in [-0.05, 0) is 30.7 Å². The molecule has 1 aliphatic carbocycles. The smallest absolute Gasteiger partial charge is 0.253 e. The summed E-state index contributed by atoms with van der Waals surface area (Å²) in [7, 11) is 0. The minimum absolute atomic E-state index is 0.109. The fourth-order valence-electron chi connectivity index (χ4n) is 3.39. The molecule has 22 heavy (non-hydrogen) atoms. The maximum absolute atomic E-state index is 12.6. The molecule has 0 spiro atoms. The molecule has 1 fully saturated rings. The summed E-state index contributed by atoms with van der Waals surface area (Å²) in [5.41, 5.74) is 6.97. The second-order valence-corrected chi connectivity index (χ2v) is 6.61. The number of aromatic amines is 1. The normalized spacial score (nSPS) is 17.4. The van der Waals surface area contributed by atoms with E-state index in [2.05, 4.69) is 10.3 Å². The van der Waals surface area contributed by atoms with E-state index in [1.807, 2.05) is 13.8 Å². The van der Waals surface area contributed by atoms with Gasteiger partial charge in [-0.1, -0.05) is 33.1 Å². The van der Waals surface area contributed by atoms with Crippen molar-refractivity contribution in [3.05, 3.63) is 23.5 Å². The summed E-state index contributed by atoms with van der Waals surface area (Å²) in [4.78, 5) is 27.1. The van der Waals surface area contributed by atoms with Gasteiger partial charge in [0.15, 0.2) is 0 Å². The molecule has 0 radical (unpaired) electrons. The molecule has 0 saturated heterocycles. The number of carbonyl (C=O) groups excluding carboxylic acids is 2. The molecule has 1 aliphatic rings. The van der Waals surface area contributed by atoms with Gasteiger partial charge in [0, 0.05) is 24.4 Å². The van der Waals surface area contributed by atoms with Gasteiger partial charge < -0.3 is 16.0 Å². The summed E-state index contributed by atoms with van der Waals surface area (Å²) in [6.45, 7) is 4.09. The highest BCUT2D eigenvalue weighted by Crippen LogP contribution is 2.28. The van der Waals surface area contributed by atoms with E-state index < -0.39 is 0 Å². The molecule has 2 rings (SSSR count). The predicted molar refractivity (Wildman–Crippen MR) is 86.5 cm³/mol. The van der Waals surface area contributed by atoms with Gasteiger partial charge in [-0.25, -0.2) is 0 Å². The zero-order valence-corrected chi connectivity index (χ0v) is 13.5. The maximum atomic E-state index is 12.6. The van der Waals surface area contributed by atoms with Crippen molar-refractivity contribution in [1.29, 1.82) is 0 Å². The fourth-order valence-corrected chi connectivity index (χ4v) is 3.39. The Hall–Kier alpha value is -1.78. The number of primary amides is 1. The highest BCUT2D eigenvalue weighted by atomic mass is 16.2. The van der Waals surface area contributed by atoms with E-state index in [0.29, 0.717) is 11.5 Å². The van der Waals surface area contributed by atoms with Crippen molar-refractivity contribution in [2.75, 3.05) is 0 Å². The third-order valence-corrected chi connectivity index (χ3v) is 4.56. The number of amides is 2. The van der Waals surface area contributed by atoms with Crippen LogP contribution in [0.25, 0.3) is 0 Å². The number of carbonyl (C=O) groups is 2. The molecular weight excluding hydrogens is 278 g/mol. The lowest BCUT2D eigenvalue weighted by Gasteiger charge is -2.30. The van der Waals surface area contributed by atoms with E-state index in [1.165, 1.54) is 6.42 Å². The predicted octanol–water partition coefficient (Wildman–Crippen LogP) is 2.69. The van der Waals surface area contributed by atoms with Gasteiger partial charge in [-0.2, -0.15) is 0 Å². The average Bonchev–Trinajstić information content (AvgIpc) is 2.96. The summed E-state index contributed by atoms with van der Waals surface area (Å²) in [6, 6.07) is 1.65. The van der Waals surface area contributed by atoms with E-state index in [0.717, 1.165) is 31.4 Å². The molecule has 5 nitrogen and oxygen atoms in total. The molecule has 2 amide bonds. The van der Waals surface area contributed by atoms with Crippen LogP contribution in [-0.2, 0) is 4.79 Å². The minimum atomic E-state index is -0.353. The van der Waals surface area contributed by atoms with Crippen LogP contribution in [0.2, 0.25) is 0 Å². The lowest BCUT2D eigenvalue weighted by atomic mass is 9.82. The highest BCUT2D eigenvalue weighted by Gasteiger charge is 2.27. The third kappa shape index (κ3) is 4.12. The largest absolute Gasteiger partial charge is 0.370 e. The second kappa shape index (κ2) is 7.47. The van der Waals surface area contributed by atoms with Crippen molar-refractivity contribution >= 4 is 11.8 Å². The maximum Gasteiger partial charge on any atom is 0.253 e. The molecule has 0 bridgehead atoms. The highest BCUT2D eigenvalue weighted by molar-refractivity contribution is 5.96. The first-order valence-electron chi connectivity index (χ1n) is 8.25.